The fourth-order valence-corrected chi connectivity index (χ4v) is 3.03. The van der Waals surface area contributed by atoms with Crippen molar-refractivity contribution in [3.63, 3.8) is 0 Å². The zero-order valence-electron chi connectivity index (χ0n) is 15.2. The van der Waals surface area contributed by atoms with Gasteiger partial charge in [0, 0.05) is 22.8 Å². The van der Waals surface area contributed by atoms with E-state index in [0.29, 0.717) is 22.0 Å². The molecule has 7 nitrogen and oxygen atoms in total. The summed E-state index contributed by atoms with van der Waals surface area (Å²) in [6.45, 7) is 0. The summed E-state index contributed by atoms with van der Waals surface area (Å²) < 4.78 is 10.7. The summed E-state index contributed by atoms with van der Waals surface area (Å²) >= 11 is 1.36. The lowest BCUT2D eigenvalue weighted by atomic mass is 10.1. The van der Waals surface area contributed by atoms with Crippen molar-refractivity contribution >= 4 is 34.1 Å². The van der Waals surface area contributed by atoms with E-state index in [1.54, 1.807) is 19.2 Å². The van der Waals surface area contributed by atoms with Crippen LogP contribution >= 0.6 is 11.8 Å². The third-order valence-electron chi connectivity index (χ3n) is 4.11. The van der Waals surface area contributed by atoms with Crippen LogP contribution < -0.4 is 15.7 Å². The van der Waals surface area contributed by atoms with Crippen LogP contribution in [0.5, 0.6) is 5.75 Å². The van der Waals surface area contributed by atoms with Crippen molar-refractivity contribution in [1.29, 1.82) is 0 Å². The van der Waals surface area contributed by atoms with Gasteiger partial charge >= 0.3 is 5.63 Å². The Bertz CT molecular complexity index is 1190. The molecule has 2 aromatic carbocycles. The number of aromatic nitrogens is 3. The fourth-order valence-electron chi connectivity index (χ4n) is 2.71. The Kier molecular flexibility index (Phi) is 4.94. The van der Waals surface area contributed by atoms with Gasteiger partial charge in [-0.2, -0.15) is 5.10 Å². The Hall–Kier alpha value is -3.39. The molecular weight excluding hydrogens is 376 g/mol. The molecule has 2 heterocycles. The number of benzene rings is 2. The van der Waals surface area contributed by atoms with Crippen LogP contribution in [0.15, 0.2) is 69.1 Å². The van der Waals surface area contributed by atoms with Crippen molar-refractivity contribution in [3.05, 3.63) is 65.1 Å². The predicted molar refractivity (Wildman–Crippen MR) is 109 cm³/mol. The number of fused-ring (bicyclic) bond motifs is 1. The second-order valence-electron chi connectivity index (χ2n) is 5.88. The molecule has 8 heteroatoms. The molecule has 4 aromatic rings. The van der Waals surface area contributed by atoms with E-state index in [2.05, 4.69) is 20.5 Å². The van der Waals surface area contributed by atoms with E-state index in [9.17, 15) is 4.79 Å². The molecule has 0 radical (unpaired) electrons. The van der Waals surface area contributed by atoms with Crippen LogP contribution in [0, 0.1) is 0 Å². The first-order valence-corrected chi connectivity index (χ1v) is 9.62. The first-order chi connectivity index (χ1) is 13.7. The third kappa shape index (κ3) is 3.67. The largest absolute Gasteiger partial charge is 0.497 e. The summed E-state index contributed by atoms with van der Waals surface area (Å²) in [7, 11) is 1.63. The molecule has 0 unspecified atom stereocenters. The first kappa shape index (κ1) is 18.0. The van der Waals surface area contributed by atoms with Gasteiger partial charge in [-0.3, -0.25) is 0 Å². The van der Waals surface area contributed by atoms with Gasteiger partial charge in [0.15, 0.2) is 0 Å². The first-order valence-electron chi connectivity index (χ1n) is 8.39. The Morgan fingerprint density at radius 2 is 1.86 bits per heavy atom. The van der Waals surface area contributed by atoms with Gasteiger partial charge in [0.2, 0.25) is 5.16 Å². The summed E-state index contributed by atoms with van der Waals surface area (Å²) in [6, 6.07) is 14.9. The normalized spacial score (nSPS) is 10.8. The maximum absolute atomic E-state index is 12.5. The Morgan fingerprint density at radius 3 is 2.61 bits per heavy atom. The highest BCUT2D eigenvalue weighted by Crippen LogP contribution is 2.25. The second-order valence-corrected chi connectivity index (χ2v) is 6.66. The molecule has 0 fully saturated rings. The number of ether oxygens (including phenoxy) is 1. The average molecular weight is 392 g/mol. The lowest BCUT2D eigenvalue weighted by Gasteiger charge is -2.08. The smallest absolute Gasteiger partial charge is 0.345 e. The van der Waals surface area contributed by atoms with Crippen molar-refractivity contribution in [2.75, 3.05) is 18.7 Å². The molecule has 0 aliphatic rings. The minimum atomic E-state index is -0.471. The van der Waals surface area contributed by atoms with Gasteiger partial charge in [-0.15, -0.1) is 5.10 Å². The molecule has 140 valence electrons. The lowest BCUT2D eigenvalue weighted by Crippen LogP contribution is -2.05. The van der Waals surface area contributed by atoms with Gasteiger partial charge in [-0.05, 0) is 48.7 Å². The Balaban J connectivity index is 1.68. The van der Waals surface area contributed by atoms with Crippen molar-refractivity contribution in [3.8, 4) is 17.0 Å². The predicted octanol–water partition coefficient (Wildman–Crippen LogP) is 4.12. The Labute approximate surface area is 164 Å². The molecule has 0 bridgehead atoms. The van der Waals surface area contributed by atoms with Crippen LogP contribution in [-0.4, -0.2) is 28.5 Å². The van der Waals surface area contributed by atoms with E-state index in [1.807, 2.05) is 42.7 Å². The number of anilines is 2. The van der Waals surface area contributed by atoms with Gasteiger partial charge in [0.25, 0.3) is 0 Å². The minimum Gasteiger partial charge on any atom is -0.497 e. The summed E-state index contributed by atoms with van der Waals surface area (Å²) in [6.07, 6.45) is 3.30. The molecule has 0 atom stereocenters. The SMILES string of the molecule is COc1ccc(Nc2ccc3cc(-c4cnnc(SC)n4)c(=O)oc3c2)cc1. The van der Waals surface area contributed by atoms with Crippen LogP contribution in [0.3, 0.4) is 0 Å². The van der Waals surface area contributed by atoms with E-state index in [-0.39, 0.29) is 0 Å². The van der Waals surface area contributed by atoms with Crippen molar-refractivity contribution < 1.29 is 9.15 Å². The molecule has 2 aromatic heterocycles. The highest BCUT2D eigenvalue weighted by molar-refractivity contribution is 7.98. The van der Waals surface area contributed by atoms with Gasteiger partial charge < -0.3 is 14.5 Å². The lowest BCUT2D eigenvalue weighted by molar-refractivity contribution is 0.415. The zero-order chi connectivity index (χ0) is 19.5. The van der Waals surface area contributed by atoms with E-state index in [4.69, 9.17) is 9.15 Å². The molecule has 28 heavy (non-hydrogen) atoms. The second kappa shape index (κ2) is 7.69. The van der Waals surface area contributed by atoms with E-state index in [1.165, 1.54) is 18.0 Å². The van der Waals surface area contributed by atoms with Gasteiger partial charge in [-0.1, -0.05) is 11.8 Å². The van der Waals surface area contributed by atoms with Crippen LogP contribution in [0.4, 0.5) is 11.4 Å². The number of nitrogens with zero attached hydrogens (tertiary/aromatic N) is 3. The van der Waals surface area contributed by atoms with Gasteiger partial charge in [0.1, 0.15) is 17.0 Å². The molecule has 0 amide bonds. The van der Waals surface area contributed by atoms with Crippen LogP contribution in [0.25, 0.3) is 22.2 Å². The summed E-state index contributed by atoms with van der Waals surface area (Å²) in [4.78, 5) is 16.8. The van der Waals surface area contributed by atoms with E-state index >= 15 is 0 Å². The molecule has 0 saturated carbocycles. The van der Waals surface area contributed by atoms with Crippen molar-refractivity contribution in [2.45, 2.75) is 5.16 Å². The Morgan fingerprint density at radius 1 is 1.07 bits per heavy atom. The number of thioether (sulfide) groups is 1. The number of methoxy groups -OCH3 is 1. The van der Waals surface area contributed by atoms with Crippen LogP contribution in [0.1, 0.15) is 0 Å². The standard InChI is InChI=1S/C20H16N4O3S/c1-26-15-7-5-13(6-8-15)22-14-4-3-12-9-16(19(25)27-18(12)10-14)17-11-21-24-20(23-17)28-2/h3-11,22H,1-2H3. The molecule has 0 aliphatic heterocycles. The molecule has 0 saturated heterocycles. The molecule has 0 aliphatic carbocycles. The summed E-state index contributed by atoms with van der Waals surface area (Å²) in [5, 5.41) is 12.3. The monoisotopic (exact) mass is 392 g/mol. The van der Waals surface area contributed by atoms with Gasteiger partial charge in [0.05, 0.1) is 18.9 Å². The molecular formula is C20H16N4O3S. The quantitative estimate of drug-likeness (QED) is 0.401. The minimum absolute atomic E-state index is 0.355. The highest BCUT2D eigenvalue weighted by Gasteiger charge is 2.11. The van der Waals surface area contributed by atoms with Gasteiger partial charge in [-0.25, -0.2) is 9.78 Å². The highest BCUT2D eigenvalue weighted by atomic mass is 32.2. The number of rotatable bonds is 5. The third-order valence-corrected chi connectivity index (χ3v) is 4.65. The zero-order valence-corrected chi connectivity index (χ0v) is 16.0. The number of hydrogen-bond donors (Lipinski definition) is 1. The molecule has 0 spiro atoms. The van der Waals surface area contributed by atoms with E-state index < -0.39 is 5.63 Å². The number of nitrogens with one attached hydrogen (secondary N) is 1. The maximum Gasteiger partial charge on any atom is 0.345 e. The number of hydrogen-bond acceptors (Lipinski definition) is 8. The average Bonchev–Trinajstić information content (AvgIpc) is 2.74. The maximum atomic E-state index is 12.5. The topological polar surface area (TPSA) is 90.1 Å². The van der Waals surface area contributed by atoms with Crippen molar-refractivity contribution in [2.24, 2.45) is 0 Å². The summed E-state index contributed by atoms with van der Waals surface area (Å²) in [5.41, 5.74) is 2.52. The van der Waals surface area contributed by atoms with Crippen LogP contribution in [0.2, 0.25) is 0 Å². The van der Waals surface area contributed by atoms with Crippen molar-refractivity contribution in [1.82, 2.24) is 15.2 Å². The van der Waals surface area contributed by atoms with Crippen LogP contribution in [-0.2, 0) is 0 Å². The fraction of sp³-hybridized carbons (Fsp3) is 0.100. The molecule has 1 N–H and O–H groups in total. The summed E-state index contributed by atoms with van der Waals surface area (Å²) in [5.74, 6) is 0.784. The molecule has 4 rings (SSSR count). The van der Waals surface area contributed by atoms with E-state index in [0.717, 1.165) is 22.5 Å².